The molecule has 1 atom stereocenters. The molecule has 0 saturated carbocycles. The Bertz CT molecular complexity index is 434. The van der Waals surface area contributed by atoms with Gasteiger partial charge < -0.3 is 5.11 Å². The third-order valence-electron chi connectivity index (χ3n) is 2.36. The van der Waals surface area contributed by atoms with Crippen LogP contribution in [0.2, 0.25) is 0 Å². The number of hydrogen-bond donors (Lipinski definition) is 1. The van der Waals surface area contributed by atoms with Crippen LogP contribution in [0.25, 0.3) is 0 Å². The lowest BCUT2D eigenvalue weighted by molar-refractivity contribution is -0.117. The first-order valence-corrected chi connectivity index (χ1v) is 6.02. The quantitative estimate of drug-likeness (QED) is 0.835. The highest BCUT2D eigenvalue weighted by molar-refractivity contribution is 7.17. The number of halogens is 1. The summed E-state index contributed by atoms with van der Waals surface area (Å²) in [6, 6.07) is 0. The van der Waals surface area contributed by atoms with Gasteiger partial charge in [0, 0.05) is 18.8 Å². The first kappa shape index (κ1) is 11.3. The van der Waals surface area contributed by atoms with Crippen molar-refractivity contribution >= 4 is 39.9 Å². The molecule has 1 aromatic rings. The third kappa shape index (κ3) is 2.03. The van der Waals surface area contributed by atoms with Crippen molar-refractivity contribution in [3.63, 3.8) is 0 Å². The van der Waals surface area contributed by atoms with E-state index in [4.69, 9.17) is 16.7 Å². The van der Waals surface area contributed by atoms with Crippen LogP contribution in [-0.4, -0.2) is 34.4 Å². The zero-order valence-electron chi connectivity index (χ0n) is 8.22. The summed E-state index contributed by atoms with van der Waals surface area (Å²) in [4.78, 5) is 27.9. The second-order valence-electron chi connectivity index (χ2n) is 3.54. The molecule has 1 amide bonds. The zero-order valence-corrected chi connectivity index (χ0v) is 9.79. The molecule has 0 bridgehead atoms. The fraction of sp³-hybridized carbons (Fsp3) is 0.444. The number of carbonyl (C=O) groups is 2. The van der Waals surface area contributed by atoms with Crippen molar-refractivity contribution in [3.8, 4) is 0 Å². The summed E-state index contributed by atoms with van der Waals surface area (Å²) in [7, 11) is 0. The summed E-state index contributed by atoms with van der Waals surface area (Å²) in [5.41, 5.74) is 0. The highest BCUT2D eigenvalue weighted by atomic mass is 35.5. The Morgan fingerprint density at radius 3 is 3.00 bits per heavy atom. The number of thiazole rings is 1. The van der Waals surface area contributed by atoms with E-state index in [1.165, 1.54) is 11.1 Å². The second-order valence-corrected chi connectivity index (χ2v) is 4.86. The van der Waals surface area contributed by atoms with E-state index in [2.05, 4.69) is 4.98 Å². The van der Waals surface area contributed by atoms with E-state index in [1.54, 1.807) is 0 Å². The van der Waals surface area contributed by atoms with E-state index in [0.717, 1.165) is 11.3 Å². The van der Waals surface area contributed by atoms with Crippen LogP contribution >= 0.6 is 22.9 Å². The first-order chi connectivity index (χ1) is 7.61. The maximum absolute atomic E-state index is 11.6. The van der Waals surface area contributed by atoms with Crippen LogP contribution in [-0.2, 0) is 4.79 Å². The third-order valence-corrected chi connectivity index (χ3v) is 3.80. The molecule has 0 spiro atoms. The Balaban J connectivity index is 2.18. The molecule has 0 radical (unpaired) electrons. The topological polar surface area (TPSA) is 70.5 Å². The molecule has 2 heterocycles. The summed E-state index contributed by atoms with van der Waals surface area (Å²) >= 11 is 6.70. The Morgan fingerprint density at radius 1 is 1.75 bits per heavy atom. The number of carbonyl (C=O) groups excluding carboxylic acids is 1. The SMILES string of the molecule is O=C(O)c1cnc(N2CC(CCl)CC2=O)s1. The maximum Gasteiger partial charge on any atom is 0.347 e. The van der Waals surface area contributed by atoms with Gasteiger partial charge in [0.1, 0.15) is 4.88 Å². The van der Waals surface area contributed by atoms with Gasteiger partial charge in [-0.25, -0.2) is 9.78 Å². The minimum absolute atomic E-state index is 0.0445. The Hall–Kier alpha value is -1.14. The number of aromatic carboxylic acids is 1. The van der Waals surface area contributed by atoms with Crippen molar-refractivity contribution in [2.24, 2.45) is 5.92 Å². The Morgan fingerprint density at radius 2 is 2.50 bits per heavy atom. The van der Waals surface area contributed by atoms with E-state index in [0.29, 0.717) is 24.0 Å². The van der Waals surface area contributed by atoms with Gasteiger partial charge >= 0.3 is 5.97 Å². The van der Waals surface area contributed by atoms with E-state index in [9.17, 15) is 9.59 Å². The first-order valence-electron chi connectivity index (χ1n) is 4.67. The molecule has 1 unspecified atom stereocenters. The average Bonchev–Trinajstić information content (AvgIpc) is 2.83. The molecule has 1 aromatic heterocycles. The summed E-state index contributed by atoms with van der Waals surface area (Å²) in [6.45, 7) is 0.523. The van der Waals surface area contributed by atoms with Crippen LogP contribution in [0.15, 0.2) is 6.20 Å². The predicted octanol–water partition coefficient (Wildman–Crippen LogP) is 1.43. The molecule has 1 fully saturated rings. The summed E-state index contributed by atoms with van der Waals surface area (Å²) < 4.78 is 0. The zero-order chi connectivity index (χ0) is 11.7. The fourth-order valence-electron chi connectivity index (χ4n) is 1.56. The van der Waals surface area contributed by atoms with Crippen molar-refractivity contribution < 1.29 is 14.7 Å². The van der Waals surface area contributed by atoms with Gasteiger partial charge in [-0.2, -0.15) is 0 Å². The van der Waals surface area contributed by atoms with E-state index in [1.807, 2.05) is 0 Å². The van der Waals surface area contributed by atoms with Gasteiger partial charge in [-0.15, -0.1) is 11.6 Å². The molecule has 1 saturated heterocycles. The number of nitrogens with zero attached hydrogens (tertiary/aromatic N) is 2. The second kappa shape index (κ2) is 4.39. The normalized spacial score (nSPS) is 20.4. The van der Waals surface area contributed by atoms with Gasteiger partial charge in [0.05, 0.1) is 6.20 Å². The summed E-state index contributed by atoms with van der Waals surface area (Å²) in [6.07, 6.45) is 1.68. The van der Waals surface area contributed by atoms with Gasteiger partial charge in [-0.3, -0.25) is 9.69 Å². The molecule has 16 heavy (non-hydrogen) atoms. The lowest BCUT2D eigenvalue weighted by Gasteiger charge is -2.11. The highest BCUT2D eigenvalue weighted by Gasteiger charge is 2.31. The predicted molar refractivity (Wildman–Crippen MR) is 60.3 cm³/mol. The van der Waals surface area contributed by atoms with Crippen molar-refractivity contribution in [1.82, 2.24) is 4.98 Å². The molecule has 86 valence electrons. The molecule has 1 N–H and O–H groups in total. The van der Waals surface area contributed by atoms with Gasteiger partial charge in [-0.05, 0) is 5.92 Å². The monoisotopic (exact) mass is 260 g/mol. The summed E-state index contributed by atoms with van der Waals surface area (Å²) in [5, 5.41) is 9.19. The van der Waals surface area contributed by atoms with Crippen molar-refractivity contribution in [1.29, 1.82) is 0 Å². The number of rotatable bonds is 3. The van der Waals surface area contributed by atoms with E-state index < -0.39 is 5.97 Å². The maximum atomic E-state index is 11.6. The highest BCUT2D eigenvalue weighted by Crippen LogP contribution is 2.29. The van der Waals surface area contributed by atoms with Crippen LogP contribution in [0.4, 0.5) is 5.13 Å². The number of alkyl halides is 1. The van der Waals surface area contributed by atoms with E-state index in [-0.39, 0.29) is 16.7 Å². The number of amides is 1. The molecule has 1 aliphatic heterocycles. The molecule has 2 rings (SSSR count). The van der Waals surface area contributed by atoms with Gasteiger partial charge in [0.25, 0.3) is 0 Å². The molecule has 1 aliphatic rings. The molecule has 0 aliphatic carbocycles. The van der Waals surface area contributed by atoms with Crippen molar-refractivity contribution in [2.45, 2.75) is 6.42 Å². The molecular weight excluding hydrogens is 252 g/mol. The number of aromatic nitrogens is 1. The van der Waals surface area contributed by atoms with Crippen LogP contribution in [0, 0.1) is 5.92 Å². The molecular formula is C9H9ClN2O3S. The summed E-state index contributed by atoms with van der Waals surface area (Å²) in [5.74, 6) is -0.507. The largest absolute Gasteiger partial charge is 0.477 e. The number of hydrogen-bond acceptors (Lipinski definition) is 4. The van der Waals surface area contributed by atoms with E-state index >= 15 is 0 Å². The van der Waals surface area contributed by atoms with Crippen molar-refractivity contribution in [2.75, 3.05) is 17.3 Å². The minimum atomic E-state index is -1.02. The van der Waals surface area contributed by atoms with Gasteiger partial charge in [-0.1, -0.05) is 11.3 Å². The molecule has 7 heteroatoms. The minimum Gasteiger partial charge on any atom is -0.477 e. The number of carboxylic acid groups (broad SMARTS) is 1. The molecule has 5 nitrogen and oxygen atoms in total. The van der Waals surface area contributed by atoms with Gasteiger partial charge in [0.15, 0.2) is 5.13 Å². The molecule has 0 aromatic carbocycles. The number of anilines is 1. The van der Waals surface area contributed by atoms with Crippen LogP contribution in [0.1, 0.15) is 16.1 Å². The van der Waals surface area contributed by atoms with Crippen LogP contribution in [0.3, 0.4) is 0 Å². The smallest absolute Gasteiger partial charge is 0.347 e. The van der Waals surface area contributed by atoms with Gasteiger partial charge in [0.2, 0.25) is 5.91 Å². The lowest BCUT2D eigenvalue weighted by atomic mass is 10.2. The van der Waals surface area contributed by atoms with Crippen LogP contribution < -0.4 is 4.90 Å². The Labute approximate surface area is 101 Å². The lowest BCUT2D eigenvalue weighted by Crippen LogP contribution is -2.24. The Kier molecular flexibility index (Phi) is 3.11. The van der Waals surface area contributed by atoms with Crippen molar-refractivity contribution in [3.05, 3.63) is 11.1 Å². The number of carboxylic acids is 1. The van der Waals surface area contributed by atoms with Crippen LogP contribution in [0.5, 0.6) is 0 Å². The standard InChI is InChI=1S/C9H9ClN2O3S/c10-2-5-1-7(13)12(4-5)9-11-3-6(16-9)8(14)15/h3,5H,1-2,4H2,(H,14,15). The fourth-order valence-corrected chi connectivity index (χ4v) is 2.55. The average molecular weight is 261 g/mol.